The van der Waals surface area contributed by atoms with Crippen LogP contribution in [-0.2, 0) is 15.4 Å². The van der Waals surface area contributed by atoms with Crippen LogP contribution in [-0.4, -0.2) is 36.4 Å². The van der Waals surface area contributed by atoms with Gasteiger partial charge in [0.15, 0.2) is 5.03 Å². The van der Waals surface area contributed by atoms with Gasteiger partial charge in [0.2, 0.25) is 0 Å². The van der Waals surface area contributed by atoms with Gasteiger partial charge in [-0.25, -0.2) is 14.7 Å². The van der Waals surface area contributed by atoms with Crippen molar-refractivity contribution in [3.63, 3.8) is 0 Å². The van der Waals surface area contributed by atoms with Gasteiger partial charge in [0.25, 0.3) is 15.9 Å². The van der Waals surface area contributed by atoms with E-state index in [4.69, 9.17) is 0 Å². The molecule has 4 rings (SSSR count). The van der Waals surface area contributed by atoms with Crippen molar-refractivity contribution in [3.05, 3.63) is 71.9 Å². The summed E-state index contributed by atoms with van der Waals surface area (Å²) in [6.45, 7) is 13.5. The zero-order valence-electron chi connectivity index (χ0n) is 22.2. The van der Waals surface area contributed by atoms with E-state index in [2.05, 4.69) is 66.4 Å². The summed E-state index contributed by atoms with van der Waals surface area (Å²) in [7, 11) is -4.23. The molecule has 2 N–H and O–H groups in total. The number of nitrogens with zero attached hydrogens (tertiary/aromatic N) is 3. The van der Waals surface area contributed by atoms with Crippen LogP contribution in [0.1, 0.15) is 66.7 Å². The molecular formula is C28H39N5O3S. The van der Waals surface area contributed by atoms with E-state index in [0.717, 1.165) is 24.2 Å². The predicted molar refractivity (Wildman–Crippen MR) is 151 cm³/mol. The second-order valence-corrected chi connectivity index (χ2v) is 13.0. The first-order valence-electron chi connectivity index (χ1n) is 12.4. The van der Waals surface area contributed by atoms with Gasteiger partial charge in [-0.15, -0.1) is 0 Å². The van der Waals surface area contributed by atoms with Crippen molar-refractivity contribution < 1.29 is 16.1 Å². The van der Waals surface area contributed by atoms with Crippen LogP contribution in [0.25, 0.3) is 0 Å². The number of sulfonamides is 1. The molecule has 1 aliphatic heterocycles. The van der Waals surface area contributed by atoms with E-state index in [1.165, 1.54) is 6.07 Å². The van der Waals surface area contributed by atoms with Gasteiger partial charge in [0, 0.05) is 26.8 Å². The largest absolute Gasteiger partial charge is 0.351 e. The number of anilines is 3. The van der Waals surface area contributed by atoms with Crippen LogP contribution in [0.3, 0.4) is 0 Å². The Morgan fingerprint density at radius 3 is 2.51 bits per heavy atom. The topological polar surface area (TPSA) is 104 Å². The predicted octanol–water partition coefficient (Wildman–Crippen LogP) is 5.75. The van der Waals surface area contributed by atoms with Gasteiger partial charge in [-0.05, 0) is 73.6 Å². The molecular weight excluding hydrogens is 486 g/mol. The van der Waals surface area contributed by atoms with E-state index in [1.54, 1.807) is 30.5 Å². The minimum atomic E-state index is -4.23. The summed E-state index contributed by atoms with van der Waals surface area (Å²) < 4.78 is 28.5. The molecule has 37 heavy (non-hydrogen) atoms. The molecule has 0 radical (unpaired) electrons. The quantitative estimate of drug-likeness (QED) is 0.422. The maximum Gasteiger partial charge on any atom is 0.281 e. The maximum absolute atomic E-state index is 13.2. The first-order valence-corrected chi connectivity index (χ1v) is 13.9. The number of carbonyl (C=O) groups excluding carboxylic acids is 1. The summed E-state index contributed by atoms with van der Waals surface area (Å²) in [5.74, 6) is 0.527. The Bertz CT molecular complexity index is 1420. The molecule has 1 amide bonds. The van der Waals surface area contributed by atoms with E-state index in [1.807, 2.05) is 24.3 Å². The van der Waals surface area contributed by atoms with E-state index >= 15 is 0 Å². The van der Waals surface area contributed by atoms with Crippen molar-refractivity contribution in [2.24, 2.45) is 5.92 Å². The molecule has 0 spiro atoms. The lowest BCUT2D eigenvalue weighted by Gasteiger charge is -2.33. The molecule has 3 heterocycles. The van der Waals surface area contributed by atoms with Crippen LogP contribution in [0.4, 0.5) is 17.3 Å². The van der Waals surface area contributed by atoms with Gasteiger partial charge in [0.05, 0.1) is 5.56 Å². The molecule has 1 saturated heterocycles. The third-order valence-electron chi connectivity index (χ3n) is 6.59. The monoisotopic (exact) mass is 525 g/mol. The minimum absolute atomic E-state index is 0. The second kappa shape index (κ2) is 9.78. The summed E-state index contributed by atoms with van der Waals surface area (Å²) in [6.07, 6.45) is 2.57. The summed E-state index contributed by atoms with van der Waals surface area (Å²) in [5, 5.41) is 2.92. The van der Waals surface area contributed by atoms with Crippen molar-refractivity contribution in [1.82, 2.24) is 14.7 Å². The van der Waals surface area contributed by atoms with Gasteiger partial charge in [-0.3, -0.25) is 4.79 Å². The Morgan fingerprint density at radius 2 is 1.84 bits per heavy atom. The van der Waals surface area contributed by atoms with Gasteiger partial charge >= 0.3 is 0 Å². The molecule has 0 bridgehead atoms. The Kier molecular flexibility index (Phi) is 7.03. The number of pyridine rings is 2. The highest BCUT2D eigenvalue weighted by atomic mass is 32.2. The molecule has 0 saturated carbocycles. The third kappa shape index (κ3) is 5.93. The van der Waals surface area contributed by atoms with E-state index in [-0.39, 0.29) is 24.4 Å². The second-order valence-electron chi connectivity index (χ2n) is 11.4. The van der Waals surface area contributed by atoms with Crippen LogP contribution in [0.15, 0.2) is 65.8 Å². The average molecular weight is 526 g/mol. The molecule has 200 valence electrons. The van der Waals surface area contributed by atoms with Crippen LogP contribution in [0, 0.1) is 5.92 Å². The van der Waals surface area contributed by atoms with Crippen molar-refractivity contribution >= 4 is 33.3 Å². The number of amides is 1. The molecule has 8 nitrogen and oxygen atoms in total. The number of hydrogen-bond acceptors (Lipinski definition) is 7. The molecule has 3 aromatic rings. The summed E-state index contributed by atoms with van der Waals surface area (Å²) >= 11 is 0. The minimum Gasteiger partial charge on any atom is -0.351 e. The fourth-order valence-corrected chi connectivity index (χ4v) is 5.76. The summed E-state index contributed by atoms with van der Waals surface area (Å²) in [5.41, 5.74) is 1.90. The smallest absolute Gasteiger partial charge is 0.281 e. The number of nitrogens with one attached hydrogen (secondary N) is 2. The molecule has 1 aromatic carbocycles. The summed E-state index contributed by atoms with van der Waals surface area (Å²) in [4.78, 5) is 24.0. The van der Waals surface area contributed by atoms with Crippen molar-refractivity contribution in [2.75, 3.05) is 16.8 Å². The van der Waals surface area contributed by atoms with Gasteiger partial charge in [-0.2, -0.15) is 8.42 Å². The number of carbonyl (C=O) groups is 1. The zero-order chi connectivity index (χ0) is 27.0. The van der Waals surface area contributed by atoms with Crippen molar-refractivity contribution in [3.8, 4) is 0 Å². The highest BCUT2D eigenvalue weighted by molar-refractivity contribution is 7.90. The van der Waals surface area contributed by atoms with Crippen LogP contribution in [0.2, 0.25) is 0 Å². The normalized spacial score (nSPS) is 17.5. The number of aromatic nitrogens is 2. The molecule has 1 atom stereocenters. The summed E-state index contributed by atoms with van der Waals surface area (Å²) in [6, 6.07) is 15.8. The fourth-order valence-electron chi connectivity index (χ4n) is 4.82. The van der Waals surface area contributed by atoms with E-state index in [9.17, 15) is 13.2 Å². The average Bonchev–Trinajstić information content (AvgIpc) is 3.10. The van der Waals surface area contributed by atoms with Crippen LogP contribution in [0.5, 0.6) is 0 Å². The Morgan fingerprint density at radius 1 is 1.11 bits per heavy atom. The van der Waals surface area contributed by atoms with E-state index in [0.29, 0.717) is 17.6 Å². The fraction of sp³-hybridized carbons (Fsp3) is 0.393. The van der Waals surface area contributed by atoms with Crippen molar-refractivity contribution in [2.45, 2.75) is 63.9 Å². The zero-order valence-corrected chi connectivity index (χ0v) is 23.1. The number of rotatable bonds is 6. The lowest BCUT2D eigenvalue weighted by Crippen LogP contribution is -2.41. The highest BCUT2D eigenvalue weighted by Gasteiger charge is 2.39. The SMILES string of the molecule is CC1CN(c2ncccc2C(=O)NS(=O)(=O)c2cccc(Nc3cccc(C(C)(C)C)c3)n2)C(C)(C)C1.[HH].[HH]. The lowest BCUT2D eigenvalue weighted by molar-refractivity contribution is 0.0981. The van der Waals surface area contributed by atoms with Crippen LogP contribution >= 0.6 is 0 Å². The van der Waals surface area contributed by atoms with Gasteiger partial charge in [0.1, 0.15) is 11.6 Å². The third-order valence-corrected chi connectivity index (χ3v) is 7.82. The number of benzene rings is 1. The molecule has 1 aliphatic rings. The highest BCUT2D eigenvalue weighted by Crippen LogP contribution is 2.37. The standard InChI is InChI=1S/C28H35N5O3S.2H2/c1-19-17-28(5,6)33(18-19)25-22(12-9-15-29-25)26(34)32-37(35,36)24-14-8-13-23(31-24)30-21-11-7-10-20(16-21)27(2,3)4;;/h7-16,19H,17-18H2,1-6H3,(H,30,31)(H,32,34);2*1H. The molecule has 1 fully saturated rings. The molecule has 0 aliphatic carbocycles. The van der Waals surface area contributed by atoms with Gasteiger partial charge < -0.3 is 10.2 Å². The molecule has 1 unspecified atom stereocenters. The Hall–Kier alpha value is -3.46. The van der Waals surface area contributed by atoms with Crippen LogP contribution < -0.4 is 14.9 Å². The van der Waals surface area contributed by atoms with Gasteiger partial charge in [-0.1, -0.05) is 45.9 Å². The molecule has 2 aromatic heterocycles. The Balaban J connectivity index is 0.00000267. The maximum atomic E-state index is 13.2. The first kappa shape index (κ1) is 26.6. The van der Waals surface area contributed by atoms with E-state index < -0.39 is 15.9 Å². The number of hydrogen-bond donors (Lipinski definition) is 2. The first-order chi connectivity index (χ1) is 17.3. The molecule has 9 heteroatoms. The van der Waals surface area contributed by atoms with Crippen molar-refractivity contribution in [1.29, 1.82) is 0 Å². The Labute approximate surface area is 222 Å². The lowest BCUT2D eigenvalue weighted by atomic mass is 9.87.